The zero-order chi connectivity index (χ0) is 23.9. The lowest BCUT2D eigenvalue weighted by Gasteiger charge is -2.28. The molecular weight excluding hydrogens is 456 g/mol. The number of carbonyl (C=O) groups is 1. The molecule has 16 heteroatoms. The van der Waals surface area contributed by atoms with Crippen molar-refractivity contribution >= 4 is 26.0 Å². The third-order valence-corrected chi connectivity index (χ3v) is 5.99. The number of hydrogen-bond donors (Lipinski definition) is 1. The summed E-state index contributed by atoms with van der Waals surface area (Å²) in [7, 11) is -9.05. The van der Waals surface area contributed by atoms with Crippen molar-refractivity contribution in [2.24, 2.45) is 0 Å². The van der Waals surface area contributed by atoms with Gasteiger partial charge in [-0.05, 0) is 13.8 Å². The molecule has 29 heavy (non-hydrogen) atoms. The summed E-state index contributed by atoms with van der Waals surface area (Å²) in [6, 6.07) is 0. The second-order valence-corrected chi connectivity index (χ2v) is 9.70. The van der Waals surface area contributed by atoms with Gasteiger partial charge in [0.2, 0.25) is 5.91 Å². The third-order valence-electron chi connectivity index (χ3n) is 3.25. The van der Waals surface area contributed by atoms with Crippen molar-refractivity contribution in [2.75, 3.05) is 33.7 Å². The predicted octanol–water partition coefficient (Wildman–Crippen LogP) is 2.22. The third kappa shape index (κ3) is 11.4. The highest BCUT2D eigenvalue weighted by Gasteiger charge is 2.46. The molecule has 0 unspecified atom stereocenters. The normalized spacial score (nSPS) is 13.3. The number of nitrogens with zero attached hydrogens (tertiary/aromatic N) is 2. The molecule has 0 aromatic heterocycles. The van der Waals surface area contributed by atoms with Gasteiger partial charge in [0.05, 0.1) is 27.2 Å². The maximum atomic E-state index is 11.4. The molecule has 0 aromatic rings. The van der Waals surface area contributed by atoms with Crippen LogP contribution >= 0.6 is 0 Å². The van der Waals surface area contributed by atoms with Crippen LogP contribution in [0.3, 0.4) is 0 Å². The second-order valence-electron chi connectivity index (χ2n) is 6.28. The van der Waals surface area contributed by atoms with Crippen molar-refractivity contribution in [1.82, 2.24) is 5.32 Å². The lowest BCUT2D eigenvalue weighted by Crippen LogP contribution is -2.41. The molecule has 0 saturated heterocycles. The van der Waals surface area contributed by atoms with Crippen LogP contribution in [0.4, 0.5) is 26.3 Å². The van der Waals surface area contributed by atoms with Crippen LogP contribution in [0.1, 0.15) is 20.3 Å². The van der Waals surface area contributed by atoms with E-state index in [2.05, 4.69) is 32.9 Å². The van der Waals surface area contributed by atoms with Gasteiger partial charge in [-0.15, -0.1) is 0 Å². The van der Waals surface area contributed by atoms with E-state index in [9.17, 15) is 48.0 Å². The van der Waals surface area contributed by atoms with Crippen LogP contribution < -0.4 is 5.32 Å². The average molecular weight is 479 g/mol. The first-order valence-corrected chi connectivity index (χ1v) is 10.6. The van der Waals surface area contributed by atoms with Crippen molar-refractivity contribution in [3.63, 3.8) is 0 Å². The highest BCUT2D eigenvalue weighted by molar-refractivity contribution is 8.13. The number of hydrogen-bond acceptors (Lipinski definition) is 5. The predicted molar refractivity (Wildman–Crippen MR) is 93.3 cm³/mol. The van der Waals surface area contributed by atoms with Crippen molar-refractivity contribution in [1.29, 1.82) is 0 Å². The highest BCUT2D eigenvalue weighted by atomic mass is 32.3. The van der Waals surface area contributed by atoms with Gasteiger partial charge in [-0.25, -0.2) is 16.8 Å². The number of carbonyl (C=O) groups excluding carboxylic acids is 1. The van der Waals surface area contributed by atoms with E-state index in [4.69, 9.17) is 0 Å². The van der Waals surface area contributed by atoms with Crippen molar-refractivity contribution in [3.8, 4) is 0 Å². The van der Waals surface area contributed by atoms with Crippen LogP contribution in [0, 0.1) is 0 Å². The van der Waals surface area contributed by atoms with E-state index in [1.165, 1.54) is 0 Å². The molecule has 0 bridgehead atoms. The van der Waals surface area contributed by atoms with Crippen molar-refractivity contribution < 1.29 is 52.5 Å². The molecule has 8 nitrogen and oxygen atoms in total. The minimum Gasteiger partial charge on any atom is -0.421 e. The Kier molecular flexibility index (Phi) is 10.9. The van der Waals surface area contributed by atoms with E-state index in [0.717, 1.165) is 34.7 Å². The van der Waals surface area contributed by atoms with Crippen LogP contribution in [0.15, 0.2) is 12.2 Å². The molecule has 0 heterocycles. The maximum absolute atomic E-state index is 11.4. The van der Waals surface area contributed by atoms with Gasteiger partial charge in [0.1, 0.15) is 0 Å². The molecule has 1 N–H and O–H groups in total. The summed E-state index contributed by atoms with van der Waals surface area (Å²) in [5, 5.41) is 2.83. The van der Waals surface area contributed by atoms with Crippen molar-refractivity contribution in [3.05, 3.63) is 16.3 Å². The zero-order valence-electron chi connectivity index (χ0n) is 16.1. The number of nitrogens with one attached hydrogen (secondary N) is 1. The smallest absolute Gasteiger partial charge is 0.421 e. The molecule has 0 atom stereocenters. The molecule has 0 aliphatic carbocycles. The number of quaternary nitrogens is 1. The molecule has 1 amide bonds. The maximum Gasteiger partial charge on any atom is 0.480 e. The lowest BCUT2D eigenvalue weighted by atomic mass is 10.3. The second kappa shape index (κ2) is 10.6. The highest BCUT2D eigenvalue weighted by Crippen LogP contribution is 2.36. The minimum atomic E-state index is -6.72. The molecule has 0 aromatic carbocycles. The zero-order valence-corrected chi connectivity index (χ0v) is 17.7. The number of rotatable bonds is 8. The fourth-order valence-corrected chi connectivity index (χ4v) is 2.94. The van der Waals surface area contributed by atoms with Gasteiger partial charge in [0, 0.05) is 18.5 Å². The first-order valence-electron chi connectivity index (χ1n) is 7.72. The Bertz CT molecular complexity index is 732. The largest absolute Gasteiger partial charge is 0.480 e. The van der Waals surface area contributed by atoms with E-state index >= 15 is 0 Å². The van der Waals surface area contributed by atoms with E-state index in [0.29, 0.717) is 5.57 Å². The summed E-state index contributed by atoms with van der Waals surface area (Å²) in [4.78, 5) is 11.1. The Morgan fingerprint density at radius 2 is 1.38 bits per heavy atom. The summed E-state index contributed by atoms with van der Waals surface area (Å²) in [5.41, 5.74) is -11.8. The molecule has 0 spiro atoms. The van der Waals surface area contributed by atoms with Crippen LogP contribution in [0.2, 0.25) is 0 Å². The van der Waals surface area contributed by atoms with Gasteiger partial charge in [0.25, 0.3) is 0 Å². The number of alkyl halides is 6. The summed E-state index contributed by atoms with van der Waals surface area (Å²) in [6.07, 6.45) is 1.01. The Hall–Kier alpha value is -1.39. The minimum absolute atomic E-state index is 0.0354. The average Bonchev–Trinajstić information content (AvgIpc) is 2.48. The van der Waals surface area contributed by atoms with E-state index in [1.807, 2.05) is 0 Å². The Morgan fingerprint density at radius 1 is 1.00 bits per heavy atom. The topological polar surface area (TPSA) is 111 Å². The number of sulfonamides is 2. The Labute approximate surface area is 165 Å². The Balaban J connectivity index is 0. The van der Waals surface area contributed by atoms with Crippen LogP contribution in [0.5, 0.6) is 0 Å². The van der Waals surface area contributed by atoms with Crippen LogP contribution in [0.25, 0.3) is 4.13 Å². The van der Waals surface area contributed by atoms with E-state index < -0.39 is 31.1 Å². The van der Waals surface area contributed by atoms with Gasteiger partial charge in [-0.3, -0.25) is 4.79 Å². The standard InChI is InChI=1S/C11H22N2O.C2F6NO4S2/c1-6-13(4,5)9-7-8-12-11(14)10(2)3;3-1(4,5)14(10,11)9-15(12,13)2(6,7)8/h2,6-9H2,1,3-5H3;/q;-1/p+1. The van der Waals surface area contributed by atoms with E-state index in [1.54, 1.807) is 6.92 Å². The summed E-state index contributed by atoms with van der Waals surface area (Å²) < 4.78 is 110. The first-order chi connectivity index (χ1) is 12.6. The molecule has 0 fully saturated rings. The van der Waals surface area contributed by atoms with Crippen LogP contribution in [-0.4, -0.2) is 72.0 Å². The number of amides is 1. The van der Waals surface area contributed by atoms with Gasteiger partial charge in [-0.2, -0.15) is 26.3 Å². The molecular formula is C13H23F6N3O5S2. The van der Waals surface area contributed by atoms with Gasteiger partial charge in [0.15, 0.2) is 20.0 Å². The molecule has 174 valence electrons. The Morgan fingerprint density at radius 3 is 1.66 bits per heavy atom. The van der Waals surface area contributed by atoms with Gasteiger partial charge >= 0.3 is 11.0 Å². The molecule has 0 aliphatic rings. The fraction of sp³-hybridized carbons (Fsp3) is 0.769. The van der Waals surface area contributed by atoms with Crippen molar-refractivity contribution in [2.45, 2.75) is 31.3 Å². The molecule has 0 saturated carbocycles. The SMILES string of the molecule is C=C(C)C(=O)NCCC[N+](C)(C)CC.O=S(=O)([N-]S(=O)(=O)C(F)(F)F)C(F)(F)F. The van der Waals surface area contributed by atoms with E-state index in [-0.39, 0.29) is 5.91 Å². The summed E-state index contributed by atoms with van der Waals surface area (Å²) >= 11 is 0. The molecule has 0 radical (unpaired) electrons. The summed E-state index contributed by atoms with van der Waals surface area (Å²) in [5.74, 6) is -0.0354. The van der Waals surface area contributed by atoms with Crippen LogP contribution in [-0.2, 0) is 24.8 Å². The first kappa shape index (κ1) is 29.8. The molecule has 0 aliphatic heterocycles. The van der Waals surface area contributed by atoms with Gasteiger partial charge in [-0.1, -0.05) is 6.58 Å². The summed E-state index contributed by atoms with van der Waals surface area (Å²) in [6.45, 7) is 10.4. The number of halogens is 6. The monoisotopic (exact) mass is 479 g/mol. The van der Waals surface area contributed by atoms with Gasteiger partial charge < -0.3 is 13.9 Å². The molecule has 0 rings (SSSR count). The fourth-order valence-electron chi connectivity index (χ4n) is 1.23. The quantitative estimate of drug-likeness (QED) is 0.248. The lowest BCUT2D eigenvalue weighted by molar-refractivity contribution is -0.888.